The molecule has 0 heterocycles. The largest absolute Gasteiger partial charge is 0.324 e. The van der Waals surface area contributed by atoms with Crippen LogP contribution in [0.3, 0.4) is 0 Å². The third-order valence-corrected chi connectivity index (χ3v) is 2.70. The summed E-state index contributed by atoms with van der Waals surface area (Å²) in [7, 11) is 0. The summed E-state index contributed by atoms with van der Waals surface area (Å²) in [4.78, 5) is 0. The van der Waals surface area contributed by atoms with E-state index in [0.29, 0.717) is 0 Å². The Bertz CT molecular complexity index is 140. The van der Waals surface area contributed by atoms with E-state index < -0.39 is 0 Å². The first-order valence-corrected chi connectivity index (χ1v) is 5.55. The van der Waals surface area contributed by atoms with Crippen LogP contribution >= 0.6 is 0 Å². The minimum atomic E-state index is 0.231. The van der Waals surface area contributed by atoms with E-state index in [-0.39, 0.29) is 6.04 Å². The lowest BCUT2D eigenvalue weighted by Crippen LogP contribution is -2.23. The Balaban J connectivity index is 3.68. The van der Waals surface area contributed by atoms with Gasteiger partial charge in [0.15, 0.2) is 0 Å². The van der Waals surface area contributed by atoms with Crippen LogP contribution in [0.2, 0.25) is 0 Å². The Morgan fingerprint density at radius 1 is 1.38 bits per heavy atom. The van der Waals surface area contributed by atoms with Gasteiger partial charge in [0, 0.05) is 6.04 Å². The van der Waals surface area contributed by atoms with Gasteiger partial charge >= 0.3 is 0 Å². The average Bonchev–Trinajstić information content (AvgIpc) is 2.13. The van der Waals surface area contributed by atoms with Gasteiger partial charge in [0.1, 0.15) is 0 Å². The molecular weight excluding hydrogens is 158 g/mol. The van der Waals surface area contributed by atoms with Crippen molar-refractivity contribution in [2.75, 3.05) is 0 Å². The first-order chi connectivity index (χ1) is 6.11. The van der Waals surface area contributed by atoms with Crippen LogP contribution in [-0.2, 0) is 0 Å². The third-order valence-electron chi connectivity index (χ3n) is 2.70. The zero-order chi connectivity index (χ0) is 10.3. The van der Waals surface area contributed by atoms with Gasteiger partial charge in [-0.3, -0.25) is 0 Å². The van der Waals surface area contributed by atoms with Crippen LogP contribution in [0.1, 0.15) is 52.9 Å². The summed E-state index contributed by atoms with van der Waals surface area (Å²) < 4.78 is 0. The van der Waals surface area contributed by atoms with Gasteiger partial charge < -0.3 is 5.73 Å². The molecular formula is C12H25N. The Labute approximate surface area is 83.4 Å². The predicted molar refractivity (Wildman–Crippen MR) is 60.7 cm³/mol. The van der Waals surface area contributed by atoms with Crippen LogP contribution in [0.15, 0.2) is 12.2 Å². The van der Waals surface area contributed by atoms with Gasteiger partial charge in [0.25, 0.3) is 0 Å². The highest BCUT2D eigenvalue weighted by Gasteiger charge is 2.09. The highest BCUT2D eigenvalue weighted by atomic mass is 14.6. The van der Waals surface area contributed by atoms with Crippen molar-refractivity contribution in [3.8, 4) is 0 Å². The van der Waals surface area contributed by atoms with Crippen LogP contribution in [0, 0.1) is 5.92 Å². The summed E-state index contributed by atoms with van der Waals surface area (Å²) in [5.41, 5.74) is 7.25. The van der Waals surface area contributed by atoms with Crippen LogP contribution in [0.25, 0.3) is 0 Å². The fraction of sp³-hybridized carbons (Fsp3) is 0.833. The Morgan fingerprint density at radius 3 is 2.46 bits per heavy atom. The molecule has 0 aromatic heterocycles. The van der Waals surface area contributed by atoms with Gasteiger partial charge in [0.2, 0.25) is 0 Å². The highest BCUT2D eigenvalue weighted by Crippen LogP contribution is 2.17. The summed E-state index contributed by atoms with van der Waals surface area (Å²) in [6, 6.07) is 0.231. The van der Waals surface area contributed by atoms with Crippen molar-refractivity contribution in [1.82, 2.24) is 0 Å². The molecule has 0 amide bonds. The van der Waals surface area contributed by atoms with Gasteiger partial charge in [-0.1, -0.05) is 52.2 Å². The molecule has 0 radical (unpaired) electrons. The van der Waals surface area contributed by atoms with E-state index >= 15 is 0 Å². The van der Waals surface area contributed by atoms with Crippen LogP contribution in [0.4, 0.5) is 0 Å². The lowest BCUT2D eigenvalue weighted by molar-refractivity contribution is 0.520. The molecule has 2 atom stereocenters. The number of unbranched alkanes of at least 4 members (excludes halogenated alkanes) is 1. The van der Waals surface area contributed by atoms with Gasteiger partial charge in [-0.05, 0) is 18.8 Å². The molecule has 78 valence electrons. The van der Waals surface area contributed by atoms with E-state index in [1.807, 2.05) is 0 Å². The molecule has 0 saturated heterocycles. The first kappa shape index (κ1) is 12.7. The monoisotopic (exact) mass is 183 g/mol. The SMILES string of the molecule is C=C(CC(C)CC)C(N)CCCC. The van der Waals surface area contributed by atoms with E-state index in [2.05, 4.69) is 27.4 Å². The summed E-state index contributed by atoms with van der Waals surface area (Å²) >= 11 is 0. The highest BCUT2D eigenvalue weighted by molar-refractivity contribution is 5.04. The van der Waals surface area contributed by atoms with Crippen molar-refractivity contribution in [2.45, 2.75) is 58.9 Å². The van der Waals surface area contributed by atoms with Crippen LogP contribution < -0.4 is 5.73 Å². The molecule has 13 heavy (non-hydrogen) atoms. The predicted octanol–water partition coefficient (Wildman–Crippen LogP) is 3.50. The maximum Gasteiger partial charge on any atom is 0.0250 e. The Kier molecular flexibility index (Phi) is 6.97. The maximum atomic E-state index is 6.01. The average molecular weight is 183 g/mol. The minimum Gasteiger partial charge on any atom is -0.324 e. The van der Waals surface area contributed by atoms with E-state index in [0.717, 1.165) is 18.8 Å². The van der Waals surface area contributed by atoms with Crippen LogP contribution in [0.5, 0.6) is 0 Å². The zero-order valence-corrected chi connectivity index (χ0v) is 9.47. The molecule has 1 heteroatoms. The van der Waals surface area contributed by atoms with Crippen molar-refractivity contribution in [1.29, 1.82) is 0 Å². The van der Waals surface area contributed by atoms with Gasteiger partial charge in [-0.25, -0.2) is 0 Å². The summed E-state index contributed by atoms with van der Waals surface area (Å²) in [6.07, 6.45) is 5.87. The Hall–Kier alpha value is -0.300. The lowest BCUT2D eigenvalue weighted by atomic mass is 9.93. The number of nitrogens with two attached hydrogens (primary N) is 1. The summed E-state index contributed by atoms with van der Waals surface area (Å²) in [6.45, 7) is 10.7. The normalized spacial score (nSPS) is 15.4. The summed E-state index contributed by atoms with van der Waals surface area (Å²) in [5, 5.41) is 0. The molecule has 0 saturated carbocycles. The van der Waals surface area contributed by atoms with Crippen molar-refractivity contribution < 1.29 is 0 Å². The van der Waals surface area contributed by atoms with Crippen molar-refractivity contribution in [2.24, 2.45) is 11.7 Å². The Morgan fingerprint density at radius 2 is 2.00 bits per heavy atom. The molecule has 2 unspecified atom stereocenters. The standard InChI is InChI=1S/C12H25N/c1-5-7-8-12(13)11(4)9-10(3)6-2/h10,12H,4-9,13H2,1-3H3. The molecule has 0 fully saturated rings. The number of hydrogen-bond acceptors (Lipinski definition) is 1. The molecule has 0 aromatic carbocycles. The molecule has 0 bridgehead atoms. The number of hydrogen-bond donors (Lipinski definition) is 1. The molecule has 1 nitrogen and oxygen atoms in total. The van der Waals surface area contributed by atoms with Gasteiger partial charge in [-0.2, -0.15) is 0 Å². The number of rotatable bonds is 7. The topological polar surface area (TPSA) is 26.0 Å². The molecule has 2 N–H and O–H groups in total. The van der Waals surface area contributed by atoms with Crippen molar-refractivity contribution in [3.05, 3.63) is 12.2 Å². The molecule has 0 spiro atoms. The fourth-order valence-electron chi connectivity index (χ4n) is 1.37. The molecule has 0 aromatic rings. The van der Waals surface area contributed by atoms with E-state index in [1.54, 1.807) is 0 Å². The van der Waals surface area contributed by atoms with Crippen molar-refractivity contribution in [3.63, 3.8) is 0 Å². The zero-order valence-electron chi connectivity index (χ0n) is 9.47. The van der Waals surface area contributed by atoms with Gasteiger partial charge in [0.05, 0.1) is 0 Å². The quantitative estimate of drug-likeness (QED) is 0.601. The fourth-order valence-corrected chi connectivity index (χ4v) is 1.37. The van der Waals surface area contributed by atoms with Crippen molar-refractivity contribution >= 4 is 0 Å². The van der Waals surface area contributed by atoms with E-state index in [9.17, 15) is 0 Å². The second kappa shape index (κ2) is 7.14. The van der Waals surface area contributed by atoms with Crippen LogP contribution in [-0.4, -0.2) is 6.04 Å². The molecule has 0 aliphatic rings. The van der Waals surface area contributed by atoms with E-state index in [1.165, 1.54) is 24.8 Å². The second-order valence-corrected chi connectivity index (χ2v) is 4.12. The smallest absolute Gasteiger partial charge is 0.0250 e. The van der Waals surface area contributed by atoms with E-state index in [4.69, 9.17) is 5.73 Å². The maximum absolute atomic E-state index is 6.01. The molecule has 0 aliphatic carbocycles. The summed E-state index contributed by atoms with van der Waals surface area (Å²) in [5.74, 6) is 0.736. The molecule has 0 aliphatic heterocycles. The van der Waals surface area contributed by atoms with Gasteiger partial charge in [-0.15, -0.1) is 0 Å². The second-order valence-electron chi connectivity index (χ2n) is 4.12. The minimum absolute atomic E-state index is 0.231. The molecule has 0 rings (SSSR count). The third kappa shape index (κ3) is 5.87. The first-order valence-electron chi connectivity index (χ1n) is 5.55. The lowest BCUT2D eigenvalue weighted by Gasteiger charge is -2.17.